The Balaban J connectivity index is 4.42. The predicted octanol–water partition coefficient (Wildman–Crippen LogP) is 13.3. The van der Waals surface area contributed by atoms with Gasteiger partial charge in [0.2, 0.25) is 5.91 Å². The number of phosphoric acid groups is 1. The van der Waals surface area contributed by atoms with E-state index in [2.05, 4.69) is 67.8 Å². The second kappa shape index (κ2) is 42.3. The van der Waals surface area contributed by atoms with Crippen LogP contribution < -0.4 is 10.2 Å². The molecule has 0 aromatic carbocycles. The third kappa shape index (κ3) is 44.0. The Morgan fingerprint density at radius 1 is 0.600 bits per heavy atom. The highest BCUT2D eigenvalue weighted by Gasteiger charge is 2.23. The number of nitrogens with one attached hydrogen (secondary N) is 1. The molecule has 3 atom stereocenters. The molecule has 0 saturated heterocycles. The number of hydrogen-bond donors (Lipinski definition) is 2. The molecule has 0 aliphatic heterocycles. The number of amides is 1. The average Bonchev–Trinajstić information content (AvgIpc) is 3.20. The zero-order valence-corrected chi connectivity index (χ0v) is 40.3. The van der Waals surface area contributed by atoms with Crippen LogP contribution in [0.15, 0.2) is 72.9 Å². The van der Waals surface area contributed by atoms with E-state index in [4.69, 9.17) is 9.05 Å². The Hall–Kier alpha value is -2.06. The van der Waals surface area contributed by atoms with Gasteiger partial charge in [-0.25, -0.2) is 0 Å². The molecule has 1 amide bonds. The standard InChI is InChI=1S/C51H93N2O6P/c1-6-8-10-12-14-16-18-20-22-23-24-25-26-27-28-29-31-32-34-36-38-40-42-44-50(54)49(48-59-60(56,57)58-47-46-53(3,4)5)52-51(55)45-43-41-39-37-35-33-30-21-19-17-15-13-11-9-7-2/h9,11,15,17,21,30,35,37,41-44,49-50,54H,6-8,10,12-14,16,18-20,22-29,31-34,36,38-40,45-48H2,1-5H3,(H-,52,55,56,57)/b11-9-,17-15-,30-21-,37-35-,43-41-,44-42+. The van der Waals surface area contributed by atoms with Crippen LogP contribution in [0.1, 0.15) is 194 Å². The number of carbonyl (C=O) groups excluding carboxylic acids is 1. The largest absolute Gasteiger partial charge is 0.756 e. The van der Waals surface area contributed by atoms with Crippen molar-refractivity contribution in [3.05, 3.63) is 72.9 Å². The molecule has 3 unspecified atom stereocenters. The zero-order chi connectivity index (χ0) is 44.3. The second-order valence-electron chi connectivity index (χ2n) is 17.5. The van der Waals surface area contributed by atoms with Crippen molar-refractivity contribution in [2.24, 2.45) is 0 Å². The van der Waals surface area contributed by atoms with Crippen LogP contribution in [0.25, 0.3) is 0 Å². The van der Waals surface area contributed by atoms with Gasteiger partial charge in [-0.3, -0.25) is 9.36 Å². The molecule has 0 aromatic rings. The minimum Gasteiger partial charge on any atom is -0.756 e. The van der Waals surface area contributed by atoms with Crippen LogP contribution in [0.5, 0.6) is 0 Å². The molecule has 0 bridgehead atoms. The summed E-state index contributed by atoms with van der Waals surface area (Å²) in [6.07, 6.45) is 57.1. The molecule has 9 heteroatoms. The highest BCUT2D eigenvalue weighted by molar-refractivity contribution is 7.45. The van der Waals surface area contributed by atoms with Crippen LogP contribution in [0.4, 0.5) is 0 Å². The summed E-state index contributed by atoms with van der Waals surface area (Å²) in [5, 5.41) is 13.7. The molecule has 348 valence electrons. The topological polar surface area (TPSA) is 108 Å². The van der Waals surface area contributed by atoms with Crippen LogP contribution in [-0.4, -0.2) is 68.5 Å². The minimum absolute atomic E-state index is 0.0205. The third-order valence-corrected chi connectivity index (χ3v) is 11.4. The summed E-state index contributed by atoms with van der Waals surface area (Å²) in [7, 11) is 1.20. The predicted molar refractivity (Wildman–Crippen MR) is 256 cm³/mol. The number of hydrogen-bond acceptors (Lipinski definition) is 6. The molecule has 0 saturated carbocycles. The molecular formula is C51H93N2O6P. The summed E-state index contributed by atoms with van der Waals surface area (Å²) >= 11 is 0. The van der Waals surface area contributed by atoms with E-state index < -0.39 is 26.6 Å². The van der Waals surface area contributed by atoms with E-state index >= 15 is 0 Å². The quantitative estimate of drug-likeness (QED) is 0.0274. The Labute approximate surface area is 370 Å². The van der Waals surface area contributed by atoms with Crippen LogP contribution >= 0.6 is 7.82 Å². The van der Waals surface area contributed by atoms with Crippen LogP contribution in [0.3, 0.4) is 0 Å². The molecule has 0 fully saturated rings. The molecule has 0 spiro atoms. The number of carbonyl (C=O) groups is 1. The first-order valence-electron chi connectivity index (χ1n) is 24.3. The van der Waals surface area contributed by atoms with Crippen LogP contribution in [-0.2, 0) is 18.4 Å². The third-order valence-electron chi connectivity index (χ3n) is 10.5. The summed E-state index contributed by atoms with van der Waals surface area (Å²) in [4.78, 5) is 25.3. The van der Waals surface area contributed by atoms with Gasteiger partial charge in [0.1, 0.15) is 13.2 Å². The van der Waals surface area contributed by atoms with Gasteiger partial charge in [-0.15, -0.1) is 0 Å². The summed E-state index contributed by atoms with van der Waals surface area (Å²) in [5.74, 6) is -0.325. The first-order valence-corrected chi connectivity index (χ1v) is 25.8. The van der Waals surface area contributed by atoms with Crippen molar-refractivity contribution >= 4 is 13.7 Å². The fourth-order valence-electron chi connectivity index (χ4n) is 6.63. The van der Waals surface area contributed by atoms with Gasteiger partial charge in [0.15, 0.2) is 0 Å². The summed E-state index contributed by atoms with van der Waals surface area (Å²) in [5.41, 5.74) is 0. The normalized spacial score (nSPS) is 14.8. The van der Waals surface area contributed by atoms with Crippen LogP contribution in [0, 0.1) is 0 Å². The number of rotatable bonds is 43. The molecule has 0 aliphatic carbocycles. The summed E-state index contributed by atoms with van der Waals surface area (Å²) in [6, 6.07) is -0.944. The Kier molecular flexibility index (Phi) is 40.8. The maximum atomic E-state index is 12.8. The first kappa shape index (κ1) is 57.9. The van der Waals surface area contributed by atoms with Gasteiger partial charge in [0, 0.05) is 6.42 Å². The monoisotopic (exact) mass is 861 g/mol. The van der Waals surface area contributed by atoms with Crippen molar-refractivity contribution in [3.8, 4) is 0 Å². The van der Waals surface area contributed by atoms with Crippen LogP contribution in [0.2, 0.25) is 0 Å². The number of aliphatic hydroxyl groups is 1. The molecule has 8 nitrogen and oxygen atoms in total. The van der Waals surface area contributed by atoms with E-state index in [-0.39, 0.29) is 18.9 Å². The lowest BCUT2D eigenvalue weighted by molar-refractivity contribution is -0.870. The van der Waals surface area contributed by atoms with Gasteiger partial charge in [-0.2, -0.15) is 0 Å². The van der Waals surface area contributed by atoms with Gasteiger partial charge >= 0.3 is 0 Å². The number of quaternary nitrogens is 1. The van der Waals surface area contributed by atoms with Crippen molar-refractivity contribution in [2.75, 3.05) is 40.9 Å². The lowest BCUT2D eigenvalue weighted by Gasteiger charge is -2.29. The Morgan fingerprint density at radius 3 is 1.42 bits per heavy atom. The lowest BCUT2D eigenvalue weighted by atomic mass is 10.0. The van der Waals surface area contributed by atoms with E-state index in [0.717, 1.165) is 44.9 Å². The number of likely N-dealkylation sites (N-methyl/N-ethyl adjacent to an activating group) is 1. The molecule has 0 radical (unpaired) electrons. The van der Waals surface area contributed by atoms with Gasteiger partial charge in [-0.1, -0.05) is 215 Å². The van der Waals surface area contributed by atoms with Crippen molar-refractivity contribution in [1.82, 2.24) is 5.32 Å². The van der Waals surface area contributed by atoms with E-state index in [0.29, 0.717) is 17.4 Å². The second-order valence-corrected chi connectivity index (χ2v) is 18.9. The fraction of sp³-hybridized carbons (Fsp3) is 0.745. The van der Waals surface area contributed by atoms with Gasteiger partial charge in [0.05, 0.1) is 39.9 Å². The van der Waals surface area contributed by atoms with Gasteiger partial charge in [-0.05, 0) is 44.9 Å². The fourth-order valence-corrected chi connectivity index (χ4v) is 7.35. The summed E-state index contributed by atoms with van der Waals surface area (Å²) < 4.78 is 23.2. The maximum absolute atomic E-state index is 12.8. The number of phosphoric ester groups is 1. The molecule has 0 rings (SSSR count). The SMILES string of the molecule is CC/C=C\C/C=C\C/C=C\C/C=C\C/C=C\CC(=O)NC(COP(=O)([O-])OCC[N+](C)(C)C)C(O)/C=C/CCCCCCCCCCCCCCCCCCCCCCC. The number of allylic oxidation sites excluding steroid dienone is 10. The minimum atomic E-state index is -4.62. The molecule has 0 aromatic heterocycles. The average molecular weight is 861 g/mol. The summed E-state index contributed by atoms with van der Waals surface area (Å²) in [6.45, 7) is 4.45. The molecular weight excluding hydrogens is 768 g/mol. The zero-order valence-electron chi connectivity index (χ0n) is 39.4. The van der Waals surface area contributed by atoms with E-state index in [1.807, 2.05) is 33.3 Å². The molecule has 2 N–H and O–H groups in total. The van der Waals surface area contributed by atoms with Crippen molar-refractivity contribution in [2.45, 2.75) is 206 Å². The van der Waals surface area contributed by atoms with E-state index in [9.17, 15) is 19.4 Å². The molecule has 60 heavy (non-hydrogen) atoms. The number of nitrogens with zero attached hydrogens (tertiary/aromatic N) is 1. The van der Waals surface area contributed by atoms with E-state index in [1.165, 1.54) is 122 Å². The Morgan fingerprint density at radius 2 is 1.00 bits per heavy atom. The Bertz CT molecular complexity index is 1200. The molecule has 0 heterocycles. The first-order chi connectivity index (χ1) is 29.0. The number of unbranched alkanes of at least 4 members (excludes halogenated alkanes) is 21. The highest BCUT2D eigenvalue weighted by atomic mass is 31.2. The smallest absolute Gasteiger partial charge is 0.268 e. The van der Waals surface area contributed by atoms with Crippen molar-refractivity contribution < 1.29 is 32.9 Å². The van der Waals surface area contributed by atoms with Crippen molar-refractivity contribution in [3.63, 3.8) is 0 Å². The maximum Gasteiger partial charge on any atom is 0.268 e. The van der Waals surface area contributed by atoms with Gasteiger partial charge in [0.25, 0.3) is 7.82 Å². The van der Waals surface area contributed by atoms with Gasteiger partial charge < -0.3 is 28.8 Å². The van der Waals surface area contributed by atoms with Crippen molar-refractivity contribution in [1.29, 1.82) is 0 Å². The lowest BCUT2D eigenvalue weighted by Crippen LogP contribution is -2.45. The highest BCUT2D eigenvalue weighted by Crippen LogP contribution is 2.38. The molecule has 0 aliphatic rings. The van der Waals surface area contributed by atoms with E-state index in [1.54, 1.807) is 12.2 Å². The number of aliphatic hydroxyl groups excluding tert-OH is 1.